The number of hydrogen-bond acceptors (Lipinski definition) is 7. The Morgan fingerprint density at radius 3 is 2.56 bits per heavy atom. The van der Waals surface area contributed by atoms with E-state index in [9.17, 15) is 28.6 Å². The van der Waals surface area contributed by atoms with Crippen molar-refractivity contribution in [2.75, 3.05) is 5.32 Å². The van der Waals surface area contributed by atoms with Crippen LogP contribution in [0.25, 0.3) is 11.5 Å². The first-order valence-electron chi connectivity index (χ1n) is 9.92. The minimum absolute atomic E-state index is 0.000881. The topological polar surface area (TPSA) is 143 Å². The molecule has 0 aliphatic heterocycles. The van der Waals surface area contributed by atoms with Crippen LogP contribution in [-0.4, -0.2) is 41.8 Å². The molecular formula is C22H17F2N5O5. The van der Waals surface area contributed by atoms with Gasteiger partial charge in [-0.25, -0.2) is 18.6 Å². The standard InChI is InChI=1S/C22H17F2N5O5/c23-13-5-12(6-14(24)7-13)9-29-10-16(22(32)33)18(11-29)26-19(31)3-4-20-27-21(28-34-20)17-2-1-15(30)8-25-17/h1-2,5-8,10-11,30H,3-4,9H2,(H,26,31)(H,32,33). The number of rotatable bonds is 8. The van der Waals surface area contributed by atoms with E-state index in [-0.39, 0.29) is 53.7 Å². The second-order valence-corrected chi connectivity index (χ2v) is 7.30. The Kier molecular flexibility index (Phi) is 6.30. The number of aromatic nitrogens is 4. The second kappa shape index (κ2) is 9.48. The summed E-state index contributed by atoms with van der Waals surface area (Å²) >= 11 is 0. The Labute approximate surface area is 190 Å². The van der Waals surface area contributed by atoms with E-state index in [2.05, 4.69) is 20.4 Å². The largest absolute Gasteiger partial charge is 0.506 e. The molecule has 0 unspecified atom stereocenters. The van der Waals surface area contributed by atoms with Gasteiger partial charge in [0.15, 0.2) is 0 Å². The van der Waals surface area contributed by atoms with E-state index in [1.54, 1.807) is 0 Å². The minimum atomic E-state index is -1.28. The molecule has 0 radical (unpaired) electrons. The molecule has 0 fully saturated rings. The molecule has 3 N–H and O–H groups in total. The first kappa shape index (κ1) is 22.6. The highest BCUT2D eigenvalue weighted by Crippen LogP contribution is 2.20. The Morgan fingerprint density at radius 2 is 1.88 bits per heavy atom. The molecule has 0 aliphatic carbocycles. The minimum Gasteiger partial charge on any atom is -0.506 e. The van der Waals surface area contributed by atoms with E-state index in [1.807, 2.05) is 0 Å². The fourth-order valence-corrected chi connectivity index (χ4v) is 3.19. The molecule has 4 aromatic rings. The van der Waals surface area contributed by atoms with Crippen LogP contribution in [-0.2, 0) is 17.8 Å². The van der Waals surface area contributed by atoms with Crippen molar-refractivity contribution in [3.63, 3.8) is 0 Å². The smallest absolute Gasteiger partial charge is 0.339 e. The number of aryl methyl sites for hydroxylation is 1. The normalized spacial score (nSPS) is 10.9. The Balaban J connectivity index is 1.40. The molecule has 0 saturated carbocycles. The highest BCUT2D eigenvalue weighted by Gasteiger charge is 2.17. The third kappa shape index (κ3) is 5.41. The first-order valence-corrected chi connectivity index (χ1v) is 9.92. The molecule has 34 heavy (non-hydrogen) atoms. The molecule has 1 amide bonds. The second-order valence-electron chi connectivity index (χ2n) is 7.30. The van der Waals surface area contributed by atoms with E-state index < -0.39 is 23.5 Å². The van der Waals surface area contributed by atoms with Crippen molar-refractivity contribution in [1.82, 2.24) is 19.7 Å². The number of nitrogens with zero attached hydrogens (tertiary/aromatic N) is 4. The molecule has 12 heteroatoms. The summed E-state index contributed by atoms with van der Waals surface area (Å²) in [5.41, 5.74) is 0.526. The summed E-state index contributed by atoms with van der Waals surface area (Å²) in [6, 6.07) is 5.93. The summed E-state index contributed by atoms with van der Waals surface area (Å²) in [6.45, 7) is 0.000881. The van der Waals surface area contributed by atoms with Crippen LogP contribution >= 0.6 is 0 Å². The number of pyridine rings is 1. The SMILES string of the molecule is O=C(CCc1nc(-c2ccc(O)cn2)no1)Nc1cn(Cc2cc(F)cc(F)c2)cc1C(=O)O. The number of nitrogens with one attached hydrogen (secondary N) is 1. The molecule has 174 valence electrons. The van der Waals surface area contributed by atoms with Crippen LogP contribution in [0.4, 0.5) is 14.5 Å². The predicted octanol–water partition coefficient (Wildman–Crippen LogP) is 3.23. The summed E-state index contributed by atoms with van der Waals surface area (Å²) in [6.07, 6.45) is 3.86. The molecule has 0 saturated heterocycles. The van der Waals surface area contributed by atoms with Crippen molar-refractivity contribution in [1.29, 1.82) is 0 Å². The van der Waals surface area contributed by atoms with E-state index >= 15 is 0 Å². The molecule has 0 aliphatic rings. The molecule has 10 nitrogen and oxygen atoms in total. The van der Waals surface area contributed by atoms with Crippen molar-refractivity contribution in [3.05, 3.63) is 77.6 Å². The molecule has 4 rings (SSSR count). The molecule has 0 spiro atoms. The van der Waals surface area contributed by atoms with E-state index in [0.29, 0.717) is 5.69 Å². The molecule has 3 heterocycles. The number of halogens is 2. The van der Waals surface area contributed by atoms with Crippen molar-refractivity contribution in [2.45, 2.75) is 19.4 Å². The number of aromatic hydroxyl groups is 1. The highest BCUT2D eigenvalue weighted by atomic mass is 19.1. The molecule has 1 aromatic carbocycles. The van der Waals surface area contributed by atoms with Gasteiger partial charge in [0.05, 0.1) is 11.9 Å². The van der Waals surface area contributed by atoms with Gasteiger partial charge in [-0.1, -0.05) is 5.16 Å². The summed E-state index contributed by atoms with van der Waals surface area (Å²) in [4.78, 5) is 32.1. The van der Waals surface area contributed by atoms with E-state index in [1.165, 1.54) is 35.3 Å². The molecule has 3 aromatic heterocycles. The van der Waals surface area contributed by atoms with Crippen LogP contribution in [0.3, 0.4) is 0 Å². The van der Waals surface area contributed by atoms with Crippen LogP contribution in [0.2, 0.25) is 0 Å². The van der Waals surface area contributed by atoms with Crippen LogP contribution in [0.5, 0.6) is 5.75 Å². The van der Waals surface area contributed by atoms with Gasteiger partial charge in [-0.15, -0.1) is 0 Å². The van der Waals surface area contributed by atoms with Crippen molar-refractivity contribution >= 4 is 17.6 Å². The average molecular weight is 469 g/mol. The van der Waals surface area contributed by atoms with Crippen LogP contribution in [0.1, 0.15) is 28.2 Å². The number of amides is 1. The third-order valence-electron chi connectivity index (χ3n) is 4.68. The number of hydrogen-bond donors (Lipinski definition) is 3. The zero-order chi connectivity index (χ0) is 24.2. The number of carbonyl (C=O) groups excluding carboxylic acids is 1. The van der Waals surface area contributed by atoms with Crippen LogP contribution < -0.4 is 5.32 Å². The van der Waals surface area contributed by atoms with Crippen LogP contribution in [0.15, 0.2) is 53.4 Å². The van der Waals surface area contributed by atoms with Gasteiger partial charge < -0.3 is 24.6 Å². The number of carboxylic acids is 1. The monoisotopic (exact) mass is 469 g/mol. The lowest BCUT2D eigenvalue weighted by Crippen LogP contribution is -2.14. The van der Waals surface area contributed by atoms with Gasteiger partial charge in [-0.05, 0) is 29.8 Å². The number of aromatic carboxylic acids is 1. The zero-order valence-electron chi connectivity index (χ0n) is 17.4. The van der Waals surface area contributed by atoms with Gasteiger partial charge >= 0.3 is 5.97 Å². The van der Waals surface area contributed by atoms with Gasteiger partial charge in [0.1, 0.15) is 28.6 Å². The molecular weight excluding hydrogens is 452 g/mol. The summed E-state index contributed by atoms with van der Waals surface area (Å²) in [5.74, 6) is -2.93. The van der Waals surface area contributed by atoms with Crippen molar-refractivity contribution < 1.29 is 33.1 Å². The zero-order valence-corrected chi connectivity index (χ0v) is 17.4. The predicted molar refractivity (Wildman–Crippen MR) is 113 cm³/mol. The number of anilines is 1. The van der Waals surface area contributed by atoms with Crippen LogP contribution in [0, 0.1) is 11.6 Å². The summed E-state index contributed by atoms with van der Waals surface area (Å²) in [5, 5.41) is 25.0. The Bertz CT molecular complexity index is 1330. The summed E-state index contributed by atoms with van der Waals surface area (Å²) < 4.78 is 33.3. The fraction of sp³-hybridized carbons (Fsp3) is 0.136. The highest BCUT2D eigenvalue weighted by molar-refractivity contribution is 6.00. The molecule has 0 atom stereocenters. The number of carbonyl (C=O) groups is 2. The van der Waals surface area contributed by atoms with Gasteiger partial charge in [0.2, 0.25) is 17.6 Å². The van der Waals surface area contributed by atoms with Crippen molar-refractivity contribution in [2.24, 2.45) is 0 Å². The first-order chi connectivity index (χ1) is 16.3. The van der Waals surface area contributed by atoms with E-state index in [0.717, 1.165) is 18.2 Å². The third-order valence-corrected chi connectivity index (χ3v) is 4.68. The van der Waals surface area contributed by atoms with Gasteiger partial charge in [0.25, 0.3) is 0 Å². The quantitative estimate of drug-likeness (QED) is 0.357. The van der Waals surface area contributed by atoms with Gasteiger partial charge in [-0.3, -0.25) is 4.79 Å². The van der Waals surface area contributed by atoms with Gasteiger partial charge in [-0.2, -0.15) is 4.98 Å². The lowest BCUT2D eigenvalue weighted by Gasteiger charge is -2.04. The maximum Gasteiger partial charge on any atom is 0.339 e. The lowest BCUT2D eigenvalue weighted by atomic mass is 10.2. The maximum absolute atomic E-state index is 13.4. The van der Waals surface area contributed by atoms with Gasteiger partial charge in [0, 0.05) is 37.8 Å². The average Bonchev–Trinajstić information content (AvgIpc) is 3.39. The number of benzene rings is 1. The van der Waals surface area contributed by atoms with Crippen molar-refractivity contribution in [3.8, 4) is 17.3 Å². The maximum atomic E-state index is 13.4. The Hall–Kier alpha value is -4.61. The lowest BCUT2D eigenvalue weighted by molar-refractivity contribution is -0.116. The summed E-state index contributed by atoms with van der Waals surface area (Å²) in [7, 11) is 0. The Morgan fingerprint density at radius 1 is 1.12 bits per heavy atom. The van der Waals surface area contributed by atoms with E-state index in [4.69, 9.17) is 4.52 Å². The fourth-order valence-electron chi connectivity index (χ4n) is 3.19. The number of carboxylic acid groups (broad SMARTS) is 1. The molecule has 0 bridgehead atoms.